The van der Waals surface area contributed by atoms with Gasteiger partial charge in [0.15, 0.2) is 11.6 Å². The van der Waals surface area contributed by atoms with Crippen LogP contribution in [-0.2, 0) is 10.0 Å². The molecule has 0 heterocycles. The van der Waals surface area contributed by atoms with Crippen LogP contribution in [0.25, 0.3) is 0 Å². The summed E-state index contributed by atoms with van der Waals surface area (Å²) in [5.41, 5.74) is 5.78. The number of halogens is 1. The second-order valence-corrected chi connectivity index (χ2v) is 7.66. The van der Waals surface area contributed by atoms with Gasteiger partial charge in [-0.15, -0.1) is 0 Å². The zero-order valence-corrected chi connectivity index (χ0v) is 13.6. The summed E-state index contributed by atoms with van der Waals surface area (Å²) < 4.78 is 45.5. The number of hydrogen-bond acceptors (Lipinski definition) is 4. The van der Waals surface area contributed by atoms with Crippen LogP contribution in [0.5, 0.6) is 5.75 Å². The molecule has 1 saturated carbocycles. The van der Waals surface area contributed by atoms with Gasteiger partial charge in [0.05, 0.1) is 12.0 Å². The molecule has 0 aromatic heterocycles. The Morgan fingerprint density at radius 1 is 1.27 bits per heavy atom. The van der Waals surface area contributed by atoms with E-state index in [1.807, 2.05) is 0 Å². The molecule has 0 atom stereocenters. The fraction of sp³-hybridized carbons (Fsp3) is 0.600. The molecule has 1 aromatic rings. The van der Waals surface area contributed by atoms with E-state index in [1.165, 1.54) is 19.2 Å². The van der Waals surface area contributed by atoms with Gasteiger partial charge in [0, 0.05) is 12.1 Å². The van der Waals surface area contributed by atoms with E-state index in [4.69, 9.17) is 10.5 Å². The summed E-state index contributed by atoms with van der Waals surface area (Å²) in [6.45, 7) is 0.170. The molecular formula is C15H23FN2O3S. The highest BCUT2D eigenvalue weighted by Crippen LogP contribution is 2.25. The molecule has 1 aliphatic rings. The summed E-state index contributed by atoms with van der Waals surface area (Å²) >= 11 is 0. The summed E-state index contributed by atoms with van der Waals surface area (Å²) in [6.07, 6.45) is 5.88. The molecule has 22 heavy (non-hydrogen) atoms. The highest BCUT2D eigenvalue weighted by atomic mass is 32.2. The Kier molecular flexibility index (Phi) is 5.41. The Balaban J connectivity index is 2.09. The number of rotatable bonds is 5. The number of hydrogen-bond donors (Lipinski definition) is 2. The first-order chi connectivity index (χ1) is 10.4. The van der Waals surface area contributed by atoms with Crippen molar-refractivity contribution in [3.63, 3.8) is 0 Å². The first-order valence-corrected chi connectivity index (χ1v) is 8.97. The third kappa shape index (κ3) is 4.18. The lowest BCUT2D eigenvalue weighted by Crippen LogP contribution is -2.49. The van der Waals surface area contributed by atoms with Gasteiger partial charge in [-0.05, 0) is 31.0 Å². The van der Waals surface area contributed by atoms with Gasteiger partial charge in [0.2, 0.25) is 10.0 Å². The van der Waals surface area contributed by atoms with Crippen molar-refractivity contribution in [1.82, 2.24) is 4.72 Å². The maximum atomic E-state index is 13.7. The minimum absolute atomic E-state index is 0.0120. The molecule has 5 nitrogen and oxygen atoms in total. The first-order valence-electron chi connectivity index (χ1n) is 7.48. The van der Waals surface area contributed by atoms with Crippen LogP contribution >= 0.6 is 0 Å². The van der Waals surface area contributed by atoms with E-state index < -0.39 is 21.4 Å². The van der Waals surface area contributed by atoms with Crippen LogP contribution in [0.3, 0.4) is 0 Å². The van der Waals surface area contributed by atoms with Gasteiger partial charge in [0.25, 0.3) is 0 Å². The molecule has 1 aliphatic carbocycles. The highest BCUT2D eigenvalue weighted by molar-refractivity contribution is 7.89. The molecule has 3 N–H and O–H groups in total. The van der Waals surface area contributed by atoms with E-state index in [0.29, 0.717) is 0 Å². The number of nitrogens with two attached hydrogens (primary N) is 1. The maximum absolute atomic E-state index is 13.7. The average molecular weight is 330 g/mol. The zero-order valence-electron chi connectivity index (χ0n) is 12.8. The van der Waals surface area contributed by atoms with Crippen molar-refractivity contribution >= 4 is 10.0 Å². The van der Waals surface area contributed by atoms with E-state index in [0.717, 1.165) is 44.6 Å². The largest absolute Gasteiger partial charge is 0.494 e. The first kappa shape index (κ1) is 17.2. The number of sulfonamides is 1. The van der Waals surface area contributed by atoms with Gasteiger partial charge in [0.1, 0.15) is 0 Å². The third-order valence-electron chi connectivity index (χ3n) is 4.15. The maximum Gasteiger partial charge on any atom is 0.240 e. The Bertz CT molecular complexity index is 611. The standard InChI is InChI=1S/C15H23FN2O3S/c1-21-14-7-6-12(10-13(14)16)22(19,20)18-11-15(17)8-4-2-3-5-9-15/h6-7,10,18H,2-5,8-9,11,17H2,1H3. The quantitative estimate of drug-likeness (QED) is 0.811. The van der Waals surface area contributed by atoms with Crippen molar-refractivity contribution in [3.8, 4) is 5.75 Å². The van der Waals surface area contributed by atoms with Crippen LogP contribution in [0.1, 0.15) is 38.5 Å². The fourth-order valence-corrected chi connectivity index (χ4v) is 3.90. The molecule has 7 heteroatoms. The predicted octanol–water partition coefficient (Wildman–Crippen LogP) is 2.16. The lowest BCUT2D eigenvalue weighted by molar-refractivity contribution is 0.369. The van der Waals surface area contributed by atoms with E-state index in [-0.39, 0.29) is 17.2 Å². The normalized spacial score (nSPS) is 18.7. The number of methoxy groups -OCH3 is 1. The Morgan fingerprint density at radius 2 is 1.91 bits per heavy atom. The molecule has 0 bridgehead atoms. The van der Waals surface area contributed by atoms with Crippen LogP contribution in [0, 0.1) is 5.82 Å². The monoisotopic (exact) mass is 330 g/mol. The van der Waals surface area contributed by atoms with Crippen molar-refractivity contribution in [2.75, 3.05) is 13.7 Å². The van der Waals surface area contributed by atoms with Crippen molar-refractivity contribution < 1.29 is 17.5 Å². The molecule has 124 valence electrons. The highest BCUT2D eigenvalue weighted by Gasteiger charge is 2.28. The minimum atomic E-state index is -3.78. The molecule has 0 unspecified atom stereocenters. The van der Waals surface area contributed by atoms with Crippen molar-refractivity contribution in [2.24, 2.45) is 5.73 Å². The van der Waals surface area contributed by atoms with Gasteiger partial charge >= 0.3 is 0 Å². The summed E-state index contributed by atoms with van der Waals surface area (Å²) in [5, 5.41) is 0. The molecule has 0 saturated heterocycles. The second kappa shape index (κ2) is 6.93. The molecule has 0 aliphatic heterocycles. The van der Waals surface area contributed by atoms with Gasteiger partial charge in [-0.1, -0.05) is 25.7 Å². The van der Waals surface area contributed by atoms with Crippen LogP contribution in [0.2, 0.25) is 0 Å². The van der Waals surface area contributed by atoms with Gasteiger partial charge < -0.3 is 10.5 Å². The molecule has 1 aromatic carbocycles. The Labute approximate surface area is 131 Å². The Morgan fingerprint density at radius 3 is 2.45 bits per heavy atom. The van der Waals surface area contributed by atoms with Crippen molar-refractivity contribution in [1.29, 1.82) is 0 Å². The smallest absolute Gasteiger partial charge is 0.240 e. The number of benzene rings is 1. The molecule has 0 radical (unpaired) electrons. The second-order valence-electron chi connectivity index (χ2n) is 5.90. The van der Waals surface area contributed by atoms with Crippen LogP contribution in [0.4, 0.5) is 4.39 Å². The van der Waals surface area contributed by atoms with E-state index in [1.54, 1.807) is 0 Å². The predicted molar refractivity (Wildman–Crippen MR) is 82.8 cm³/mol. The molecular weight excluding hydrogens is 307 g/mol. The topological polar surface area (TPSA) is 81.4 Å². The summed E-state index contributed by atoms with van der Waals surface area (Å²) in [5.74, 6) is -0.694. The van der Waals surface area contributed by atoms with Crippen molar-refractivity contribution in [3.05, 3.63) is 24.0 Å². The zero-order chi connectivity index (χ0) is 16.2. The average Bonchev–Trinajstić information content (AvgIpc) is 2.71. The lowest BCUT2D eigenvalue weighted by Gasteiger charge is -2.28. The van der Waals surface area contributed by atoms with E-state index >= 15 is 0 Å². The fourth-order valence-electron chi connectivity index (χ4n) is 2.75. The summed E-state index contributed by atoms with van der Waals surface area (Å²) in [7, 11) is -2.45. The SMILES string of the molecule is COc1ccc(S(=O)(=O)NCC2(N)CCCCCC2)cc1F. The van der Waals surface area contributed by atoms with Crippen LogP contribution in [-0.4, -0.2) is 27.6 Å². The Hall–Kier alpha value is -1.18. The van der Waals surface area contributed by atoms with Gasteiger partial charge in [-0.25, -0.2) is 17.5 Å². The summed E-state index contributed by atoms with van der Waals surface area (Å²) in [4.78, 5) is -0.122. The number of ether oxygens (including phenoxy) is 1. The van der Waals surface area contributed by atoms with Gasteiger partial charge in [-0.3, -0.25) is 0 Å². The molecule has 1 fully saturated rings. The molecule has 0 amide bonds. The van der Waals surface area contributed by atoms with E-state index in [9.17, 15) is 12.8 Å². The lowest BCUT2D eigenvalue weighted by atomic mass is 9.92. The molecule has 2 rings (SSSR count). The summed E-state index contributed by atoms with van der Waals surface area (Å²) in [6, 6.07) is 3.58. The van der Waals surface area contributed by atoms with Crippen LogP contribution in [0.15, 0.2) is 23.1 Å². The van der Waals surface area contributed by atoms with E-state index in [2.05, 4.69) is 4.72 Å². The minimum Gasteiger partial charge on any atom is -0.494 e. The number of nitrogens with one attached hydrogen (secondary N) is 1. The van der Waals surface area contributed by atoms with Crippen LogP contribution < -0.4 is 15.2 Å². The van der Waals surface area contributed by atoms with Gasteiger partial charge in [-0.2, -0.15) is 0 Å². The molecule has 0 spiro atoms. The third-order valence-corrected chi connectivity index (χ3v) is 5.55. The van der Waals surface area contributed by atoms with Crippen molar-refractivity contribution in [2.45, 2.75) is 49.0 Å².